The van der Waals surface area contributed by atoms with Crippen molar-refractivity contribution >= 4 is 11.4 Å². The van der Waals surface area contributed by atoms with E-state index < -0.39 is 0 Å². The normalized spacial score (nSPS) is 16.1. The predicted octanol–water partition coefficient (Wildman–Crippen LogP) is 4.65. The van der Waals surface area contributed by atoms with E-state index >= 15 is 0 Å². The summed E-state index contributed by atoms with van der Waals surface area (Å²) in [4.78, 5) is 12.4. The van der Waals surface area contributed by atoms with Crippen LogP contribution in [0.25, 0.3) is 5.57 Å². The summed E-state index contributed by atoms with van der Waals surface area (Å²) in [7, 11) is 0. The summed E-state index contributed by atoms with van der Waals surface area (Å²) in [5.41, 5.74) is 7.53. The minimum absolute atomic E-state index is 0.344. The Morgan fingerprint density at radius 3 is 2.05 bits per heavy atom. The van der Waals surface area contributed by atoms with Crippen molar-refractivity contribution in [3.8, 4) is 0 Å². The van der Waals surface area contributed by atoms with Crippen molar-refractivity contribution in [1.82, 2.24) is 0 Å². The second-order valence-electron chi connectivity index (χ2n) is 5.60. The number of Topliss-reactive ketones (excluding diaryl/α,β-unsaturated/α-hetero) is 1. The Balaban J connectivity index is 2.70. The Kier molecular flexibility index (Phi) is 4.24. The lowest BCUT2D eigenvalue weighted by Gasteiger charge is -2.22. The number of hydrogen-bond acceptors (Lipinski definition) is 1. The molecular weight excluding hydrogens is 232 g/mol. The Morgan fingerprint density at radius 1 is 1.00 bits per heavy atom. The lowest BCUT2D eigenvalue weighted by Crippen LogP contribution is -2.13. The van der Waals surface area contributed by atoms with Crippen molar-refractivity contribution in [1.29, 1.82) is 0 Å². The average molecular weight is 256 g/mol. The highest BCUT2D eigenvalue weighted by atomic mass is 16.1. The molecule has 1 aromatic carbocycles. The molecule has 0 heterocycles. The molecule has 0 saturated carbocycles. The molecule has 1 aliphatic rings. The summed E-state index contributed by atoms with van der Waals surface area (Å²) in [6, 6.07) is 4.49. The molecule has 0 saturated heterocycles. The second kappa shape index (κ2) is 5.73. The van der Waals surface area contributed by atoms with Gasteiger partial charge in [0, 0.05) is 12.0 Å². The molecule has 1 nitrogen and oxygen atoms in total. The molecule has 0 aliphatic heterocycles. The predicted molar refractivity (Wildman–Crippen MR) is 81.4 cm³/mol. The summed E-state index contributed by atoms with van der Waals surface area (Å²) >= 11 is 0. The van der Waals surface area contributed by atoms with Crippen LogP contribution in [0, 0.1) is 6.92 Å². The molecule has 0 bridgehead atoms. The number of aryl methyl sites for hydroxylation is 3. The number of ketones is 1. The highest BCUT2D eigenvalue weighted by molar-refractivity contribution is 6.23. The fraction of sp³-hybridized carbons (Fsp3) is 0.500. The first-order valence-corrected chi connectivity index (χ1v) is 7.44. The van der Waals surface area contributed by atoms with E-state index in [1.165, 1.54) is 27.8 Å². The van der Waals surface area contributed by atoms with Gasteiger partial charge in [-0.3, -0.25) is 4.79 Å². The molecule has 0 N–H and O–H groups in total. The molecule has 0 aromatic heterocycles. The van der Waals surface area contributed by atoms with Crippen LogP contribution in [0.15, 0.2) is 17.7 Å². The van der Waals surface area contributed by atoms with E-state index in [1.807, 2.05) is 0 Å². The minimum Gasteiger partial charge on any atom is -0.294 e. The molecule has 0 atom stereocenters. The zero-order valence-corrected chi connectivity index (χ0v) is 12.6. The number of rotatable bonds is 3. The summed E-state index contributed by atoms with van der Waals surface area (Å²) in [6.45, 7) is 8.64. The van der Waals surface area contributed by atoms with Gasteiger partial charge in [0.2, 0.25) is 0 Å². The third-order valence-corrected chi connectivity index (χ3v) is 4.12. The molecule has 1 aromatic rings. The maximum Gasteiger partial charge on any atom is 0.163 e. The Hall–Kier alpha value is -1.37. The summed E-state index contributed by atoms with van der Waals surface area (Å²) in [6.07, 6.45) is 4.79. The molecule has 0 radical (unpaired) electrons. The van der Waals surface area contributed by atoms with Crippen LogP contribution in [0.1, 0.15) is 62.3 Å². The standard InChI is InChI=1S/C18H24O/c1-5-14-10-12(3)11-15(6-2)18(14)17-13(4)8-7-9-16(17)19/h10-11H,5-9H2,1-4H3. The fourth-order valence-electron chi connectivity index (χ4n) is 3.18. The van der Waals surface area contributed by atoms with Crippen LogP contribution in [0.3, 0.4) is 0 Å². The van der Waals surface area contributed by atoms with Crippen LogP contribution in [0.4, 0.5) is 0 Å². The van der Waals surface area contributed by atoms with Gasteiger partial charge in [-0.15, -0.1) is 0 Å². The highest BCUT2D eigenvalue weighted by Crippen LogP contribution is 2.34. The zero-order valence-electron chi connectivity index (χ0n) is 12.6. The lowest BCUT2D eigenvalue weighted by atomic mass is 9.81. The van der Waals surface area contributed by atoms with Crippen molar-refractivity contribution in [3.05, 3.63) is 40.0 Å². The lowest BCUT2D eigenvalue weighted by molar-refractivity contribution is -0.114. The van der Waals surface area contributed by atoms with E-state index in [0.717, 1.165) is 31.3 Å². The molecule has 1 aliphatic carbocycles. The highest BCUT2D eigenvalue weighted by Gasteiger charge is 2.23. The largest absolute Gasteiger partial charge is 0.294 e. The van der Waals surface area contributed by atoms with E-state index in [4.69, 9.17) is 0 Å². The van der Waals surface area contributed by atoms with Gasteiger partial charge in [0.15, 0.2) is 5.78 Å². The third kappa shape index (κ3) is 2.65. The van der Waals surface area contributed by atoms with Crippen molar-refractivity contribution < 1.29 is 4.79 Å². The minimum atomic E-state index is 0.344. The van der Waals surface area contributed by atoms with Gasteiger partial charge >= 0.3 is 0 Å². The van der Waals surface area contributed by atoms with E-state index in [-0.39, 0.29) is 0 Å². The SMILES string of the molecule is CCc1cc(C)cc(CC)c1C1=C(C)CCCC1=O. The van der Waals surface area contributed by atoms with E-state index in [9.17, 15) is 4.79 Å². The number of carbonyl (C=O) groups is 1. The van der Waals surface area contributed by atoms with E-state index in [1.54, 1.807) is 0 Å². The van der Waals surface area contributed by atoms with Gasteiger partial charge in [-0.25, -0.2) is 0 Å². The number of hydrogen-bond donors (Lipinski definition) is 0. The second-order valence-corrected chi connectivity index (χ2v) is 5.60. The molecule has 2 rings (SSSR count). The summed E-state index contributed by atoms with van der Waals surface area (Å²) in [5, 5.41) is 0. The quantitative estimate of drug-likeness (QED) is 0.769. The average Bonchev–Trinajstić information content (AvgIpc) is 2.39. The Bertz CT molecular complexity index is 510. The van der Waals surface area contributed by atoms with Gasteiger partial charge in [0.05, 0.1) is 0 Å². The molecule has 0 unspecified atom stereocenters. The fourth-order valence-corrected chi connectivity index (χ4v) is 3.18. The van der Waals surface area contributed by atoms with Gasteiger partial charge in [0.1, 0.15) is 0 Å². The molecule has 1 heteroatoms. The van der Waals surface area contributed by atoms with Crippen LogP contribution < -0.4 is 0 Å². The third-order valence-electron chi connectivity index (χ3n) is 4.12. The van der Waals surface area contributed by atoms with Gasteiger partial charge in [-0.05, 0) is 56.2 Å². The first-order chi connectivity index (χ1) is 9.08. The smallest absolute Gasteiger partial charge is 0.163 e. The molecule has 19 heavy (non-hydrogen) atoms. The molecule has 0 amide bonds. The number of carbonyl (C=O) groups excluding carboxylic acids is 1. The number of benzene rings is 1. The summed E-state index contributed by atoms with van der Waals surface area (Å²) < 4.78 is 0. The van der Waals surface area contributed by atoms with Crippen molar-refractivity contribution in [2.75, 3.05) is 0 Å². The molecule has 0 spiro atoms. The van der Waals surface area contributed by atoms with Crippen molar-refractivity contribution in [2.45, 2.75) is 59.8 Å². The van der Waals surface area contributed by atoms with Gasteiger partial charge in [-0.1, -0.05) is 37.1 Å². The van der Waals surface area contributed by atoms with Crippen LogP contribution in [0.2, 0.25) is 0 Å². The van der Waals surface area contributed by atoms with Gasteiger partial charge < -0.3 is 0 Å². The van der Waals surface area contributed by atoms with Crippen LogP contribution in [-0.4, -0.2) is 5.78 Å². The molecular formula is C18H24O. The zero-order chi connectivity index (χ0) is 14.0. The first-order valence-electron chi connectivity index (χ1n) is 7.44. The first kappa shape index (κ1) is 14.0. The molecule has 102 valence electrons. The van der Waals surface area contributed by atoms with Crippen LogP contribution in [0.5, 0.6) is 0 Å². The Labute approximate surface area is 116 Å². The van der Waals surface area contributed by atoms with Gasteiger partial charge in [-0.2, -0.15) is 0 Å². The van der Waals surface area contributed by atoms with Crippen molar-refractivity contribution in [2.24, 2.45) is 0 Å². The monoisotopic (exact) mass is 256 g/mol. The van der Waals surface area contributed by atoms with Crippen molar-refractivity contribution in [3.63, 3.8) is 0 Å². The topological polar surface area (TPSA) is 17.1 Å². The molecule has 0 fully saturated rings. The van der Waals surface area contributed by atoms with Crippen LogP contribution in [-0.2, 0) is 17.6 Å². The maximum absolute atomic E-state index is 12.4. The number of allylic oxidation sites excluding steroid dienone is 2. The summed E-state index contributed by atoms with van der Waals surface area (Å²) in [5.74, 6) is 0.344. The Morgan fingerprint density at radius 2 is 1.58 bits per heavy atom. The maximum atomic E-state index is 12.4. The van der Waals surface area contributed by atoms with Gasteiger partial charge in [0.25, 0.3) is 0 Å². The van der Waals surface area contributed by atoms with Crippen LogP contribution >= 0.6 is 0 Å². The van der Waals surface area contributed by atoms with E-state index in [2.05, 4.69) is 39.8 Å². The van der Waals surface area contributed by atoms with E-state index in [0.29, 0.717) is 12.2 Å².